The molecule has 158 valence electrons. The first-order chi connectivity index (χ1) is 15.0. The molecule has 9 heteroatoms. The van der Waals surface area contributed by atoms with Crippen LogP contribution in [0.4, 0.5) is 11.4 Å². The van der Waals surface area contributed by atoms with Gasteiger partial charge in [0.25, 0.3) is 11.6 Å². The molecular formula is C22H21N5O4. The lowest BCUT2D eigenvalue weighted by Gasteiger charge is -2.11. The number of carbonyl (C=O) groups excluding carboxylic acids is 2. The Morgan fingerprint density at radius 3 is 2.68 bits per heavy atom. The number of hydrogen-bond donors (Lipinski definition) is 2. The molecule has 0 bridgehead atoms. The summed E-state index contributed by atoms with van der Waals surface area (Å²) in [6.45, 7) is 0.746. The lowest BCUT2D eigenvalue weighted by molar-refractivity contribution is -0.384. The molecule has 0 radical (unpaired) electrons. The molecule has 0 fully saturated rings. The average Bonchev–Trinajstić information content (AvgIpc) is 3.22. The molecule has 2 aromatic carbocycles. The Hall–Kier alpha value is -4.01. The molecule has 0 aliphatic carbocycles. The molecule has 0 spiro atoms. The topological polar surface area (TPSA) is 119 Å². The summed E-state index contributed by atoms with van der Waals surface area (Å²) in [5, 5.41) is 16.0. The summed E-state index contributed by atoms with van der Waals surface area (Å²) in [6, 6.07) is 12.7. The van der Waals surface area contributed by atoms with Gasteiger partial charge in [0.05, 0.1) is 17.2 Å². The zero-order valence-electron chi connectivity index (χ0n) is 16.7. The first-order valence-electron chi connectivity index (χ1n) is 9.98. The fraction of sp³-hybridized carbons (Fsp3) is 0.227. The van der Waals surface area contributed by atoms with Crippen LogP contribution in [-0.4, -0.2) is 32.8 Å². The quantitative estimate of drug-likeness (QED) is 0.470. The molecule has 0 saturated carbocycles. The zero-order chi connectivity index (χ0) is 21.8. The summed E-state index contributed by atoms with van der Waals surface area (Å²) < 4.78 is 2.19. The van der Waals surface area contributed by atoms with E-state index >= 15 is 0 Å². The molecular weight excluding hydrogens is 398 g/mol. The van der Waals surface area contributed by atoms with Gasteiger partial charge in [0.1, 0.15) is 5.82 Å². The van der Waals surface area contributed by atoms with Gasteiger partial charge < -0.3 is 15.2 Å². The Bertz CT molecular complexity index is 1110. The minimum absolute atomic E-state index is 0.120. The zero-order valence-corrected chi connectivity index (χ0v) is 16.7. The normalized spacial score (nSPS) is 12.6. The molecule has 1 aliphatic rings. The van der Waals surface area contributed by atoms with Gasteiger partial charge in [-0.3, -0.25) is 19.7 Å². The van der Waals surface area contributed by atoms with Gasteiger partial charge in [-0.2, -0.15) is 0 Å². The first-order valence-corrected chi connectivity index (χ1v) is 9.98. The number of carbonyl (C=O) groups is 2. The van der Waals surface area contributed by atoms with Crippen molar-refractivity contribution in [2.24, 2.45) is 0 Å². The predicted octanol–water partition coefficient (Wildman–Crippen LogP) is 3.16. The molecule has 1 aromatic heterocycles. The number of fused-ring (bicyclic) bond motifs is 1. The summed E-state index contributed by atoms with van der Waals surface area (Å²) in [7, 11) is 0. The van der Waals surface area contributed by atoms with Crippen LogP contribution in [-0.2, 0) is 17.8 Å². The van der Waals surface area contributed by atoms with E-state index in [1.54, 1.807) is 12.1 Å². The molecule has 2 heterocycles. The van der Waals surface area contributed by atoms with Crippen LogP contribution in [0, 0.1) is 10.1 Å². The van der Waals surface area contributed by atoms with Crippen molar-refractivity contribution in [2.45, 2.75) is 25.8 Å². The van der Waals surface area contributed by atoms with Crippen LogP contribution >= 0.6 is 0 Å². The van der Waals surface area contributed by atoms with Gasteiger partial charge in [-0.1, -0.05) is 18.2 Å². The molecule has 0 atom stereocenters. The summed E-state index contributed by atoms with van der Waals surface area (Å²) in [5.41, 5.74) is 2.42. The van der Waals surface area contributed by atoms with E-state index < -0.39 is 16.7 Å². The number of anilines is 1. The Labute approximate surface area is 178 Å². The van der Waals surface area contributed by atoms with Gasteiger partial charge >= 0.3 is 0 Å². The number of hydrogen-bond acceptors (Lipinski definition) is 5. The second kappa shape index (κ2) is 8.78. The van der Waals surface area contributed by atoms with E-state index in [2.05, 4.69) is 21.4 Å². The van der Waals surface area contributed by atoms with Crippen LogP contribution in [0.3, 0.4) is 0 Å². The van der Waals surface area contributed by atoms with Crippen LogP contribution < -0.4 is 10.6 Å². The summed E-state index contributed by atoms with van der Waals surface area (Å²) in [4.78, 5) is 39.2. The van der Waals surface area contributed by atoms with Crippen LogP contribution in [0.25, 0.3) is 11.3 Å². The van der Waals surface area contributed by atoms with E-state index in [0.717, 1.165) is 30.0 Å². The second-order valence-corrected chi connectivity index (χ2v) is 7.31. The highest BCUT2D eigenvalue weighted by Crippen LogP contribution is 2.24. The number of imidazole rings is 1. The van der Waals surface area contributed by atoms with Gasteiger partial charge in [0.2, 0.25) is 5.91 Å². The third kappa shape index (κ3) is 4.77. The number of nitrogens with one attached hydrogen (secondary N) is 2. The van der Waals surface area contributed by atoms with Crippen molar-refractivity contribution in [2.75, 3.05) is 11.9 Å². The molecule has 2 amide bonds. The van der Waals surface area contributed by atoms with Crippen LogP contribution in [0.15, 0.2) is 54.7 Å². The standard InChI is InChI=1S/C22H21N5O4/c28-21(13-23-22(29)16-4-3-5-18(12-16)27(30)31)24-17-9-7-15(8-10-17)19-14-26-11-2-1-6-20(26)25-19/h3-5,7-10,12,14H,1-2,6,11,13H2,(H,23,29)(H,24,28). The number of rotatable bonds is 6. The summed E-state index contributed by atoms with van der Waals surface area (Å²) in [5.74, 6) is 0.153. The SMILES string of the molecule is O=C(CNC(=O)c1cccc([N+](=O)[O-])c1)Nc1ccc(-c2cn3c(n2)CCCC3)cc1. The number of nitro benzene ring substituents is 1. The lowest BCUT2D eigenvalue weighted by atomic mass is 10.1. The van der Waals surface area contributed by atoms with Crippen LogP contribution in [0.2, 0.25) is 0 Å². The highest BCUT2D eigenvalue weighted by molar-refractivity contribution is 5.99. The van der Waals surface area contributed by atoms with E-state index in [4.69, 9.17) is 4.98 Å². The molecule has 9 nitrogen and oxygen atoms in total. The molecule has 2 N–H and O–H groups in total. The van der Waals surface area contributed by atoms with Crippen molar-refractivity contribution in [1.29, 1.82) is 0 Å². The molecule has 1 aliphatic heterocycles. The molecule has 0 saturated heterocycles. The predicted molar refractivity (Wildman–Crippen MR) is 115 cm³/mol. The maximum atomic E-state index is 12.2. The third-order valence-corrected chi connectivity index (χ3v) is 5.10. The fourth-order valence-electron chi connectivity index (χ4n) is 3.50. The minimum Gasteiger partial charge on any atom is -0.343 e. The smallest absolute Gasteiger partial charge is 0.270 e. The first kappa shape index (κ1) is 20.3. The summed E-state index contributed by atoms with van der Waals surface area (Å²) >= 11 is 0. The van der Waals surface area contributed by atoms with Gasteiger partial charge in [0, 0.05) is 48.1 Å². The van der Waals surface area contributed by atoms with Crippen molar-refractivity contribution in [3.63, 3.8) is 0 Å². The Morgan fingerprint density at radius 2 is 1.94 bits per heavy atom. The van der Waals surface area contributed by atoms with Crippen molar-refractivity contribution < 1.29 is 14.5 Å². The number of benzene rings is 2. The lowest BCUT2D eigenvalue weighted by Crippen LogP contribution is -2.32. The monoisotopic (exact) mass is 419 g/mol. The highest BCUT2D eigenvalue weighted by Gasteiger charge is 2.14. The van der Waals surface area contributed by atoms with E-state index in [1.807, 2.05) is 12.1 Å². The molecule has 31 heavy (non-hydrogen) atoms. The van der Waals surface area contributed by atoms with Crippen molar-refractivity contribution in [3.05, 3.63) is 76.2 Å². The number of aryl methyl sites for hydroxylation is 2. The van der Waals surface area contributed by atoms with E-state index in [1.165, 1.54) is 37.1 Å². The number of nitro groups is 1. The summed E-state index contributed by atoms with van der Waals surface area (Å²) in [6.07, 6.45) is 5.40. The number of nitrogens with zero attached hydrogens (tertiary/aromatic N) is 3. The fourth-order valence-corrected chi connectivity index (χ4v) is 3.50. The second-order valence-electron chi connectivity index (χ2n) is 7.31. The molecule has 0 unspecified atom stereocenters. The Balaban J connectivity index is 1.32. The van der Waals surface area contributed by atoms with Crippen LogP contribution in [0.1, 0.15) is 29.0 Å². The number of amides is 2. The minimum atomic E-state index is -0.577. The van der Waals surface area contributed by atoms with Gasteiger partial charge in [0.15, 0.2) is 0 Å². The Kier molecular flexibility index (Phi) is 5.74. The van der Waals surface area contributed by atoms with E-state index in [9.17, 15) is 19.7 Å². The van der Waals surface area contributed by atoms with Crippen molar-refractivity contribution in [3.8, 4) is 11.3 Å². The van der Waals surface area contributed by atoms with E-state index in [0.29, 0.717) is 5.69 Å². The maximum absolute atomic E-state index is 12.2. The third-order valence-electron chi connectivity index (χ3n) is 5.10. The molecule has 4 rings (SSSR count). The van der Waals surface area contributed by atoms with E-state index in [-0.39, 0.29) is 17.8 Å². The van der Waals surface area contributed by atoms with Gasteiger partial charge in [-0.25, -0.2) is 4.98 Å². The van der Waals surface area contributed by atoms with Crippen molar-refractivity contribution >= 4 is 23.2 Å². The van der Waals surface area contributed by atoms with Gasteiger partial charge in [-0.15, -0.1) is 0 Å². The van der Waals surface area contributed by atoms with Gasteiger partial charge in [-0.05, 0) is 31.0 Å². The average molecular weight is 419 g/mol. The Morgan fingerprint density at radius 1 is 1.13 bits per heavy atom. The highest BCUT2D eigenvalue weighted by atomic mass is 16.6. The molecule has 3 aromatic rings. The van der Waals surface area contributed by atoms with Crippen molar-refractivity contribution in [1.82, 2.24) is 14.9 Å². The maximum Gasteiger partial charge on any atom is 0.270 e. The number of non-ortho nitro benzene ring substituents is 1. The largest absolute Gasteiger partial charge is 0.343 e. The van der Waals surface area contributed by atoms with Crippen LogP contribution in [0.5, 0.6) is 0 Å². The number of aromatic nitrogens is 2.